The fourth-order valence-electron chi connectivity index (χ4n) is 5.29. The van der Waals surface area contributed by atoms with E-state index in [2.05, 4.69) is 21.8 Å². The van der Waals surface area contributed by atoms with E-state index >= 15 is 0 Å². The van der Waals surface area contributed by atoms with Crippen LogP contribution in [-0.2, 0) is 12.4 Å². The number of rotatable bonds is 4. The van der Waals surface area contributed by atoms with Gasteiger partial charge in [-0.3, -0.25) is 9.69 Å². The third-order valence-electron chi connectivity index (χ3n) is 7.47. The molecule has 0 bridgehead atoms. The van der Waals surface area contributed by atoms with Crippen LogP contribution in [-0.4, -0.2) is 57.9 Å². The van der Waals surface area contributed by atoms with Gasteiger partial charge in [0.25, 0.3) is 5.91 Å². The van der Waals surface area contributed by atoms with Crippen molar-refractivity contribution in [3.05, 3.63) is 101 Å². The Balaban J connectivity index is 1.49. The molecule has 0 saturated carbocycles. The first-order valence-corrected chi connectivity index (χ1v) is 13.2. The number of alkyl halides is 6. The Labute approximate surface area is 238 Å². The molecule has 1 unspecified atom stereocenters. The Bertz CT molecular complexity index is 1600. The van der Waals surface area contributed by atoms with Crippen molar-refractivity contribution in [2.45, 2.75) is 31.2 Å². The molecule has 218 valence electrons. The summed E-state index contributed by atoms with van der Waals surface area (Å²) in [4.78, 5) is 24.5. The van der Waals surface area contributed by atoms with Crippen LogP contribution in [0.5, 0.6) is 0 Å². The van der Waals surface area contributed by atoms with E-state index in [0.29, 0.717) is 37.5 Å². The van der Waals surface area contributed by atoms with Crippen molar-refractivity contribution in [1.29, 1.82) is 0 Å². The zero-order valence-corrected chi connectivity index (χ0v) is 22.4. The van der Waals surface area contributed by atoms with E-state index in [1.54, 1.807) is 18.3 Å². The lowest BCUT2D eigenvalue weighted by Crippen LogP contribution is -2.57. The molecule has 11 heteroatoms. The second-order valence-electron chi connectivity index (χ2n) is 10.2. The molecule has 1 amide bonds. The van der Waals surface area contributed by atoms with E-state index in [0.717, 1.165) is 16.5 Å². The lowest BCUT2D eigenvalue weighted by Gasteiger charge is -2.43. The summed E-state index contributed by atoms with van der Waals surface area (Å²) in [5.41, 5.74) is -1.35. The number of hydrogen-bond acceptors (Lipinski definition) is 3. The molecule has 1 aliphatic heterocycles. The molecule has 2 aromatic heterocycles. The smallest absolute Gasteiger partial charge is 0.361 e. The minimum absolute atomic E-state index is 0.0288. The Morgan fingerprint density at radius 2 is 1.69 bits per heavy atom. The molecule has 0 spiro atoms. The molecule has 3 heterocycles. The SMILES string of the molecule is CC(c1c[nH]c2ccccc12)[C@@H]1CN(CC#Cc2ccccn2)CCN1C(=O)c1cc(C(F)(F)F)cc(C(F)(F)F)c1. The molecule has 4 aromatic rings. The van der Waals surface area contributed by atoms with E-state index in [-0.39, 0.29) is 18.5 Å². The highest BCUT2D eigenvalue weighted by Gasteiger charge is 2.40. The van der Waals surface area contributed by atoms with Gasteiger partial charge in [0.05, 0.1) is 23.7 Å². The normalized spacial score (nSPS) is 17.1. The molecular weight excluding hydrogens is 558 g/mol. The molecule has 1 N–H and O–H groups in total. The summed E-state index contributed by atoms with van der Waals surface area (Å²) in [6.07, 6.45) is -6.66. The number of para-hydroxylation sites is 1. The zero-order valence-electron chi connectivity index (χ0n) is 22.4. The second-order valence-corrected chi connectivity index (χ2v) is 10.2. The van der Waals surface area contributed by atoms with Crippen molar-refractivity contribution >= 4 is 16.8 Å². The highest BCUT2D eigenvalue weighted by molar-refractivity contribution is 5.95. The number of aromatic nitrogens is 2. The summed E-state index contributed by atoms with van der Waals surface area (Å²) < 4.78 is 81.3. The number of amides is 1. The number of hydrogen-bond donors (Lipinski definition) is 1. The number of H-pyrrole nitrogens is 1. The van der Waals surface area contributed by atoms with Crippen LogP contribution in [0.4, 0.5) is 26.3 Å². The van der Waals surface area contributed by atoms with Crippen molar-refractivity contribution in [2.75, 3.05) is 26.2 Å². The third-order valence-corrected chi connectivity index (χ3v) is 7.47. The van der Waals surface area contributed by atoms with Gasteiger partial charge >= 0.3 is 12.4 Å². The molecule has 5 rings (SSSR count). The fourth-order valence-corrected chi connectivity index (χ4v) is 5.29. The van der Waals surface area contributed by atoms with E-state index in [1.807, 2.05) is 48.4 Å². The quantitative estimate of drug-likeness (QED) is 0.218. The minimum Gasteiger partial charge on any atom is -0.361 e. The van der Waals surface area contributed by atoms with Gasteiger partial charge in [-0.15, -0.1) is 0 Å². The lowest BCUT2D eigenvalue weighted by atomic mass is 9.89. The molecule has 1 saturated heterocycles. The second kappa shape index (κ2) is 11.5. The third kappa shape index (κ3) is 6.29. The van der Waals surface area contributed by atoms with Crippen LogP contribution in [0.2, 0.25) is 0 Å². The number of benzene rings is 2. The molecule has 0 radical (unpaired) electrons. The van der Waals surface area contributed by atoms with Crippen LogP contribution in [0.15, 0.2) is 73.1 Å². The van der Waals surface area contributed by atoms with Crippen LogP contribution in [0.25, 0.3) is 10.9 Å². The molecule has 2 atom stereocenters. The number of nitrogens with one attached hydrogen (secondary N) is 1. The Morgan fingerprint density at radius 1 is 1.00 bits per heavy atom. The fraction of sp³-hybridized carbons (Fsp3) is 0.290. The number of aromatic amines is 1. The first-order valence-electron chi connectivity index (χ1n) is 13.2. The van der Waals surface area contributed by atoms with Crippen LogP contribution >= 0.6 is 0 Å². The van der Waals surface area contributed by atoms with Gasteiger partial charge in [-0.25, -0.2) is 4.98 Å². The van der Waals surface area contributed by atoms with Gasteiger partial charge in [0.1, 0.15) is 5.69 Å². The van der Waals surface area contributed by atoms with Crippen molar-refractivity contribution in [3.63, 3.8) is 0 Å². The maximum Gasteiger partial charge on any atom is 0.416 e. The lowest BCUT2D eigenvalue weighted by molar-refractivity contribution is -0.143. The summed E-state index contributed by atoms with van der Waals surface area (Å²) >= 11 is 0. The minimum atomic E-state index is -5.06. The number of piperazine rings is 1. The number of pyridine rings is 1. The largest absolute Gasteiger partial charge is 0.416 e. The Morgan fingerprint density at radius 3 is 2.36 bits per heavy atom. The van der Waals surface area contributed by atoms with E-state index in [9.17, 15) is 31.1 Å². The van der Waals surface area contributed by atoms with Gasteiger partial charge in [-0.05, 0) is 47.9 Å². The van der Waals surface area contributed by atoms with Crippen molar-refractivity contribution < 1.29 is 31.1 Å². The maximum absolute atomic E-state index is 13.7. The molecule has 1 aliphatic rings. The molecule has 42 heavy (non-hydrogen) atoms. The first-order chi connectivity index (χ1) is 19.9. The number of carbonyl (C=O) groups is 1. The van der Waals surface area contributed by atoms with Crippen molar-refractivity contribution in [3.8, 4) is 11.8 Å². The summed E-state index contributed by atoms with van der Waals surface area (Å²) in [6, 6.07) is 13.4. The highest BCUT2D eigenvalue weighted by Crippen LogP contribution is 2.38. The number of fused-ring (bicyclic) bond motifs is 1. The molecule has 1 fully saturated rings. The van der Waals surface area contributed by atoms with Gasteiger partial charge in [0.2, 0.25) is 0 Å². The molecule has 2 aromatic carbocycles. The van der Waals surface area contributed by atoms with E-state index in [1.165, 1.54) is 4.90 Å². The summed E-state index contributed by atoms with van der Waals surface area (Å²) in [5, 5.41) is 0.919. The monoisotopic (exact) mass is 584 g/mol. The number of carbonyl (C=O) groups excluding carboxylic acids is 1. The Hall–Kier alpha value is -4.30. The van der Waals surface area contributed by atoms with E-state index in [4.69, 9.17) is 0 Å². The Kier molecular flexibility index (Phi) is 8.01. The van der Waals surface area contributed by atoms with Gasteiger partial charge in [0.15, 0.2) is 0 Å². The van der Waals surface area contributed by atoms with Crippen molar-refractivity contribution in [2.24, 2.45) is 0 Å². The predicted octanol–water partition coefficient (Wildman–Crippen LogP) is 6.58. The standard InChI is InChI=1S/C31H26F6N4O/c1-20(26-18-39-27-10-3-2-9-25(26)27)28-19-40(12-6-8-24-7-4-5-11-38-24)13-14-41(28)29(42)21-15-22(30(32,33)34)17-23(16-21)31(35,36)37/h2-5,7,9-11,15-18,20,28,39H,12-14,19H2,1H3/t20?,28-/m0/s1. The average molecular weight is 585 g/mol. The summed E-state index contributed by atoms with van der Waals surface area (Å²) in [6.45, 7) is 2.99. The van der Waals surface area contributed by atoms with Gasteiger partial charge in [-0.2, -0.15) is 26.3 Å². The average Bonchev–Trinajstić information content (AvgIpc) is 3.40. The topological polar surface area (TPSA) is 52.2 Å². The molecule has 5 nitrogen and oxygen atoms in total. The van der Waals surface area contributed by atoms with Crippen LogP contribution < -0.4 is 0 Å². The molecule has 0 aliphatic carbocycles. The maximum atomic E-state index is 13.7. The molecular formula is C31H26F6N4O. The zero-order chi connectivity index (χ0) is 30.1. The van der Waals surface area contributed by atoms with E-state index < -0.39 is 41.0 Å². The van der Waals surface area contributed by atoms with Crippen molar-refractivity contribution in [1.82, 2.24) is 19.8 Å². The predicted molar refractivity (Wildman–Crippen MR) is 146 cm³/mol. The highest BCUT2D eigenvalue weighted by atomic mass is 19.4. The van der Waals surface area contributed by atoms with Gasteiger partial charge < -0.3 is 9.88 Å². The van der Waals surface area contributed by atoms with Gasteiger partial charge in [0, 0.05) is 54.4 Å². The first kappa shape index (κ1) is 29.2. The van der Waals surface area contributed by atoms with Crippen LogP contribution in [0, 0.1) is 11.8 Å². The van der Waals surface area contributed by atoms with Crippen LogP contribution in [0.1, 0.15) is 45.6 Å². The number of halogens is 6. The number of nitrogens with zero attached hydrogens (tertiary/aromatic N) is 3. The van der Waals surface area contributed by atoms with Gasteiger partial charge in [-0.1, -0.05) is 37.1 Å². The van der Waals surface area contributed by atoms with Crippen LogP contribution in [0.3, 0.4) is 0 Å². The summed E-state index contributed by atoms with van der Waals surface area (Å²) in [7, 11) is 0. The summed E-state index contributed by atoms with van der Waals surface area (Å²) in [5.74, 6) is 4.86.